The Bertz CT molecular complexity index is 573. The highest BCUT2D eigenvalue weighted by Crippen LogP contribution is 2.30. The summed E-state index contributed by atoms with van der Waals surface area (Å²) in [7, 11) is 0. The molecule has 0 aliphatic carbocycles. The molecule has 0 nitrogen and oxygen atoms in total. The molecular formula is C12H12S8. The van der Waals surface area contributed by atoms with Crippen LogP contribution in [0.15, 0.2) is 63.4 Å². The maximum absolute atomic E-state index is 4.18. The summed E-state index contributed by atoms with van der Waals surface area (Å²) in [5.41, 5.74) is 0. The van der Waals surface area contributed by atoms with Crippen LogP contribution >= 0.6 is 101 Å². The molecule has 2 aromatic rings. The van der Waals surface area contributed by atoms with Crippen LogP contribution < -0.4 is 0 Å². The molecule has 108 valence electrons. The Hall–Kier alpha value is 1.24. The van der Waals surface area contributed by atoms with E-state index < -0.39 is 0 Å². The molecule has 0 spiro atoms. The largest absolute Gasteiger partial charge is 0.143 e. The van der Waals surface area contributed by atoms with Gasteiger partial charge >= 0.3 is 0 Å². The van der Waals surface area contributed by atoms with Crippen LogP contribution in [-0.2, 0) is 0 Å². The third-order valence-corrected chi connectivity index (χ3v) is 6.16. The molecule has 0 fully saturated rings. The Kier molecular flexibility index (Phi) is 8.45. The molecule has 0 aliphatic heterocycles. The van der Waals surface area contributed by atoms with Crippen LogP contribution in [0.5, 0.6) is 0 Å². The fourth-order valence-corrected chi connectivity index (χ4v) is 3.29. The minimum absolute atomic E-state index is 0.777. The average molecular weight is 413 g/mol. The van der Waals surface area contributed by atoms with E-state index in [1.807, 2.05) is 24.3 Å². The van der Waals surface area contributed by atoms with Crippen molar-refractivity contribution in [2.75, 3.05) is 0 Å². The number of hydrogen-bond donors (Lipinski definition) is 8. The first kappa shape index (κ1) is 19.3. The molecule has 2 aromatic carbocycles. The second-order valence-corrected chi connectivity index (χ2v) is 7.42. The summed E-state index contributed by atoms with van der Waals surface area (Å²) in [6, 6.07) is 7.34. The lowest BCUT2D eigenvalue weighted by Crippen LogP contribution is -1.76. The summed E-state index contributed by atoms with van der Waals surface area (Å²) < 4.78 is 0. The Morgan fingerprint density at radius 3 is 1.15 bits per heavy atom. The van der Waals surface area contributed by atoms with Crippen molar-refractivity contribution in [3.8, 4) is 0 Å². The molecule has 0 heterocycles. The molecule has 0 aliphatic rings. The third-order valence-electron chi connectivity index (χ3n) is 2.16. The number of benzene rings is 2. The van der Waals surface area contributed by atoms with Crippen LogP contribution in [0.25, 0.3) is 0 Å². The molecule has 0 amide bonds. The second-order valence-electron chi connectivity index (χ2n) is 3.63. The van der Waals surface area contributed by atoms with E-state index in [1.54, 1.807) is 0 Å². The molecule has 0 saturated carbocycles. The topological polar surface area (TPSA) is 0 Å². The molecule has 2 rings (SSSR count). The highest BCUT2D eigenvalue weighted by Gasteiger charge is 2.01. The van der Waals surface area contributed by atoms with Crippen molar-refractivity contribution in [3.63, 3.8) is 0 Å². The summed E-state index contributed by atoms with van der Waals surface area (Å²) >= 11 is 33.3. The van der Waals surface area contributed by atoms with E-state index in [9.17, 15) is 0 Å². The quantitative estimate of drug-likeness (QED) is 0.251. The first-order valence-corrected chi connectivity index (χ1v) is 8.68. The van der Waals surface area contributed by atoms with Gasteiger partial charge < -0.3 is 0 Å². The lowest BCUT2D eigenvalue weighted by Gasteiger charge is -2.02. The van der Waals surface area contributed by atoms with Gasteiger partial charge in [0.25, 0.3) is 0 Å². The molecular weight excluding hydrogens is 401 g/mol. The van der Waals surface area contributed by atoms with Gasteiger partial charge in [0, 0.05) is 39.2 Å². The predicted octanol–water partition coefficient (Wildman–Crippen LogP) is 5.68. The highest BCUT2D eigenvalue weighted by atomic mass is 32.1. The van der Waals surface area contributed by atoms with Crippen molar-refractivity contribution in [1.29, 1.82) is 0 Å². The van der Waals surface area contributed by atoms with E-state index in [0.717, 1.165) is 39.2 Å². The van der Waals surface area contributed by atoms with Crippen molar-refractivity contribution in [2.45, 2.75) is 39.2 Å². The van der Waals surface area contributed by atoms with Gasteiger partial charge in [-0.1, -0.05) is 0 Å². The van der Waals surface area contributed by atoms with Crippen molar-refractivity contribution in [2.24, 2.45) is 0 Å². The van der Waals surface area contributed by atoms with E-state index in [4.69, 9.17) is 0 Å². The molecule has 0 radical (unpaired) electrons. The molecule has 0 bridgehead atoms. The average Bonchev–Trinajstić information content (AvgIpc) is 2.39. The maximum atomic E-state index is 4.18. The summed E-state index contributed by atoms with van der Waals surface area (Å²) in [6.45, 7) is 0. The van der Waals surface area contributed by atoms with E-state index in [2.05, 4.69) is 101 Å². The number of rotatable bonds is 0. The van der Waals surface area contributed by atoms with Crippen LogP contribution in [0, 0.1) is 0 Å². The smallest absolute Gasteiger partial charge is 0.0319 e. The SMILES string of the molecule is Sc1cc(S)c(S)c(S)c1.Sc1ccc(S)c(S)c1S. The maximum Gasteiger partial charge on any atom is 0.0319 e. The van der Waals surface area contributed by atoms with Crippen molar-refractivity contribution in [3.05, 3.63) is 24.3 Å². The Morgan fingerprint density at radius 1 is 0.450 bits per heavy atom. The summed E-state index contributed by atoms with van der Waals surface area (Å²) in [5, 5.41) is 0. The third kappa shape index (κ3) is 5.46. The fraction of sp³-hybridized carbons (Fsp3) is 0. The normalized spacial score (nSPS) is 10.0. The standard InChI is InChI=1S/2C6H6S4/c7-3-1-4(8)6(10)5(9)2-3;7-3-1-2-4(8)6(10)5(3)9/h2*1-2,7-10H. The van der Waals surface area contributed by atoms with Gasteiger partial charge in [-0.15, -0.1) is 101 Å². The van der Waals surface area contributed by atoms with Gasteiger partial charge in [-0.05, 0) is 24.3 Å². The van der Waals surface area contributed by atoms with Gasteiger partial charge in [0.05, 0.1) is 0 Å². The first-order valence-electron chi connectivity index (χ1n) is 5.10. The molecule has 0 unspecified atom stereocenters. The second kappa shape index (κ2) is 8.76. The van der Waals surface area contributed by atoms with Crippen LogP contribution in [-0.4, -0.2) is 0 Å². The van der Waals surface area contributed by atoms with E-state index in [1.165, 1.54) is 0 Å². The minimum atomic E-state index is 0.777. The monoisotopic (exact) mass is 412 g/mol. The van der Waals surface area contributed by atoms with E-state index in [0.29, 0.717) is 0 Å². The first-order chi connectivity index (χ1) is 9.23. The minimum Gasteiger partial charge on any atom is -0.143 e. The molecule has 20 heavy (non-hydrogen) atoms. The zero-order chi connectivity index (χ0) is 15.4. The van der Waals surface area contributed by atoms with Crippen LogP contribution in [0.1, 0.15) is 0 Å². The predicted molar refractivity (Wildman–Crippen MR) is 111 cm³/mol. The lowest BCUT2D eigenvalue weighted by molar-refractivity contribution is 1.05. The van der Waals surface area contributed by atoms with Crippen molar-refractivity contribution in [1.82, 2.24) is 0 Å². The zero-order valence-corrected chi connectivity index (χ0v) is 17.0. The van der Waals surface area contributed by atoms with E-state index >= 15 is 0 Å². The summed E-state index contributed by atoms with van der Waals surface area (Å²) in [5.74, 6) is 0. The summed E-state index contributed by atoms with van der Waals surface area (Å²) in [4.78, 5) is 6.47. The Balaban J connectivity index is 0.000000200. The van der Waals surface area contributed by atoms with Crippen molar-refractivity contribution < 1.29 is 0 Å². The fourth-order valence-electron chi connectivity index (χ4n) is 1.15. The Morgan fingerprint density at radius 2 is 0.800 bits per heavy atom. The number of hydrogen-bond acceptors (Lipinski definition) is 8. The molecule has 0 N–H and O–H groups in total. The lowest BCUT2D eigenvalue weighted by atomic mass is 10.3. The number of thiol groups is 8. The van der Waals surface area contributed by atoms with Crippen LogP contribution in [0.2, 0.25) is 0 Å². The zero-order valence-electron chi connectivity index (χ0n) is 9.89. The van der Waals surface area contributed by atoms with Gasteiger partial charge in [-0.2, -0.15) is 0 Å². The summed E-state index contributed by atoms with van der Waals surface area (Å²) in [6.07, 6.45) is 0. The van der Waals surface area contributed by atoms with E-state index in [-0.39, 0.29) is 0 Å². The highest BCUT2D eigenvalue weighted by molar-refractivity contribution is 7.86. The molecule has 0 atom stereocenters. The molecule has 0 saturated heterocycles. The van der Waals surface area contributed by atoms with Gasteiger partial charge in [0.15, 0.2) is 0 Å². The van der Waals surface area contributed by atoms with Crippen molar-refractivity contribution >= 4 is 101 Å². The molecule has 0 aromatic heterocycles. The van der Waals surface area contributed by atoms with Gasteiger partial charge in [0.1, 0.15) is 0 Å². The molecule has 8 heteroatoms. The van der Waals surface area contributed by atoms with Gasteiger partial charge in [0.2, 0.25) is 0 Å². The van der Waals surface area contributed by atoms with Gasteiger partial charge in [-0.3, -0.25) is 0 Å². The van der Waals surface area contributed by atoms with Crippen LogP contribution in [0.3, 0.4) is 0 Å². The van der Waals surface area contributed by atoms with Gasteiger partial charge in [-0.25, -0.2) is 0 Å². The van der Waals surface area contributed by atoms with Crippen LogP contribution in [0.4, 0.5) is 0 Å². The Labute approximate surface area is 163 Å².